The summed E-state index contributed by atoms with van der Waals surface area (Å²) in [6.45, 7) is 30.8. The second kappa shape index (κ2) is 25.1. The van der Waals surface area contributed by atoms with Gasteiger partial charge in [0.1, 0.15) is 47.5 Å². The van der Waals surface area contributed by atoms with Crippen LogP contribution < -0.4 is 31.9 Å². The fourth-order valence-corrected chi connectivity index (χ4v) is 8.43. The van der Waals surface area contributed by atoms with Crippen molar-refractivity contribution in [3.05, 3.63) is 35.4 Å². The molecule has 0 saturated carbocycles. The van der Waals surface area contributed by atoms with Crippen molar-refractivity contribution in [1.29, 1.82) is 0 Å². The Morgan fingerprint density at radius 2 is 0.789 bits per heavy atom. The van der Waals surface area contributed by atoms with Crippen LogP contribution in [0.5, 0.6) is 0 Å². The smallest absolute Gasteiger partial charge is 0.410 e. The van der Waals surface area contributed by atoms with E-state index in [-0.39, 0.29) is 49.1 Å². The number of rotatable bonds is 16. The Morgan fingerprint density at radius 1 is 0.500 bits per heavy atom. The zero-order valence-corrected chi connectivity index (χ0v) is 48.6. The topological polar surface area (TPSA) is 274 Å². The number of hydrogen-bond acceptors (Lipinski definition) is 12. The molecule has 426 valence electrons. The van der Waals surface area contributed by atoms with Gasteiger partial charge in [-0.05, 0) is 131 Å². The number of carbonyl (C=O) groups is 10. The third-order valence-electron chi connectivity index (χ3n) is 12.8. The number of likely N-dealkylation sites (tertiary alicyclic amines) is 2. The van der Waals surface area contributed by atoms with Gasteiger partial charge in [0.05, 0.1) is 0 Å². The quantitative estimate of drug-likeness (QED) is 0.138. The molecule has 2 aliphatic rings. The summed E-state index contributed by atoms with van der Waals surface area (Å²) < 4.78 is 10.9. The van der Waals surface area contributed by atoms with Gasteiger partial charge in [-0.25, -0.2) is 9.59 Å². The molecule has 0 bridgehead atoms. The van der Waals surface area contributed by atoms with Gasteiger partial charge in [0, 0.05) is 62.5 Å². The second-order valence-corrected chi connectivity index (χ2v) is 24.9. The van der Waals surface area contributed by atoms with E-state index in [0.717, 1.165) is 9.80 Å². The predicted octanol–water partition coefficient (Wildman–Crippen LogP) is 3.71. The van der Waals surface area contributed by atoms with E-state index in [1.807, 2.05) is 0 Å². The minimum atomic E-state index is -1.14. The lowest BCUT2D eigenvalue weighted by molar-refractivity contribution is -0.144. The molecule has 0 spiro atoms. The number of ether oxygens (including phenoxy) is 2. The first-order chi connectivity index (χ1) is 34.6. The van der Waals surface area contributed by atoms with Gasteiger partial charge in [-0.2, -0.15) is 0 Å². The van der Waals surface area contributed by atoms with Crippen molar-refractivity contribution in [2.45, 2.75) is 209 Å². The number of carbonyl (C=O) groups excluding carboxylic acids is 10. The molecule has 2 fully saturated rings. The zero-order chi connectivity index (χ0) is 58.3. The fraction of sp³-hybridized carbons (Fsp3) is 0.704. The van der Waals surface area contributed by atoms with Crippen LogP contribution in [-0.4, -0.2) is 178 Å². The van der Waals surface area contributed by atoms with Gasteiger partial charge in [-0.1, -0.05) is 41.5 Å². The Hall–Kier alpha value is -6.48. The van der Waals surface area contributed by atoms with Gasteiger partial charge in [-0.15, -0.1) is 0 Å². The molecule has 2 saturated heterocycles. The first-order valence-electron chi connectivity index (χ1n) is 26.1. The minimum Gasteiger partial charge on any atom is -0.444 e. The highest BCUT2D eigenvalue weighted by Gasteiger charge is 2.48. The monoisotopic (exact) mass is 1070 g/mol. The number of likely N-dealkylation sites (N-methyl/N-ethyl adjacent to an activating group) is 2. The summed E-state index contributed by atoms with van der Waals surface area (Å²) in [7, 11) is 2.84. The van der Waals surface area contributed by atoms with E-state index in [1.54, 1.807) is 111 Å². The maximum absolute atomic E-state index is 14.5. The average Bonchev–Trinajstić information content (AvgIpc) is 3.91. The van der Waals surface area contributed by atoms with Gasteiger partial charge >= 0.3 is 12.2 Å². The van der Waals surface area contributed by atoms with Gasteiger partial charge in [0.15, 0.2) is 0 Å². The Labute approximate surface area is 449 Å². The maximum atomic E-state index is 14.5. The summed E-state index contributed by atoms with van der Waals surface area (Å²) in [4.78, 5) is 142. The summed E-state index contributed by atoms with van der Waals surface area (Å²) >= 11 is 0. The molecule has 3 rings (SSSR count). The summed E-state index contributed by atoms with van der Waals surface area (Å²) in [5.74, 6) is -4.30. The normalized spacial score (nSPS) is 19.6. The highest BCUT2D eigenvalue weighted by atomic mass is 16.6. The molecule has 76 heavy (non-hydrogen) atoms. The summed E-state index contributed by atoms with van der Waals surface area (Å²) in [6, 6.07) is -2.48. The van der Waals surface area contributed by atoms with Crippen molar-refractivity contribution in [3.63, 3.8) is 0 Å². The first kappa shape index (κ1) is 63.8. The van der Waals surface area contributed by atoms with Crippen molar-refractivity contribution in [3.8, 4) is 0 Å². The van der Waals surface area contributed by atoms with E-state index >= 15 is 0 Å². The van der Waals surface area contributed by atoms with Crippen molar-refractivity contribution >= 4 is 59.4 Å². The molecule has 1 aromatic carbocycles. The molecule has 0 radical (unpaired) electrons. The lowest BCUT2D eigenvalue weighted by Crippen LogP contribution is -2.60. The Kier molecular flexibility index (Phi) is 21.1. The van der Waals surface area contributed by atoms with E-state index in [1.165, 1.54) is 62.0 Å². The van der Waals surface area contributed by atoms with E-state index < -0.39 is 130 Å². The van der Waals surface area contributed by atoms with Crippen LogP contribution in [0.3, 0.4) is 0 Å². The molecular weight excluding hydrogens is 981 g/mol. The molecule has 0 unspecified atom stereocenters. The largest absolute Gasteiger partial charge is 0.444 e. The third kappa shape index (κ3) is 17.8. The number of nitrogens with zero attached hydrogens (tertiary/aromatic N) is 4. The van der Waals surface area contributed by atoms with E-state index in [2.05, 4.69) is 31.9 Å². The third-order valence-corrected chi connectivity index (χ3v) is 12.8. The Morgan fingerprint density at radius 3 is 1.04 bits per heavy atom. The molecular formula is C54H88N10O12. The number of nitrogens with one attached hydrogen (secondary N) is 6. The Bertz CT molecular complexity index is 2150. The van der Waals surface area contributed by atoms with Crippen molar-refractivity contribution in [2.24, 2.45) is 10.8 Å². The van der Waals surface area contributed by atoms with Gasteiger partial charge in [0.25, 0.3) is 11.8 Å². The molecule has 1 aromatic rings. The molecule has 0 aliphatic carbocycles. The van der Waals surface area contributed by atoms with E-state index in [0.29, 0.717) is 0 Å². The molecule has 2 heterocycles. The van der Waals surface area contributed by atoms with Crippen LogP contribution in [-0.2, 0) is 38.2 Å². The summed E-state index contributed by atoms with van der Waals surface area (Å²) in [5, 5.41) is 17.2. The molecule has 22 heteroatoms. The van der Waals surface area contributed by atoms with Crippen molar-refractivity contribution in [1.82, 2.24) is 51.5 Å². The molecule has 10 amide bonds. The minimum absolute atomic E-state index is 0.0592. The van der Waals surface area contributed by atoms with Gasteiger partial charge < -0.3 is 51.2 Å². The van der Waals surface area contributed by atoms with Crippen LogP contribution in [0.2, 0.25) is 0 Å². The van der Waals surface area contributed by atoms with Crippen molar-refractivity contribution < 1.29 is 57.4 Å². The van der Waals surface area contributed by atoms with Crippen LogP contribution >= 0.6 is 0 Å². The van der Waals surface area contributed by atoms with Gasteiger partial charge in [-0.3, -0.25) is 48.2 Å². The van der Waals surface area contributed by atoms with E-state index in [4.69, 9.17) is 9.47 Å². The SMILES string of the molecule is CC(C)NC(=O)[C@@H]1C[C@H](NC(=O)c2ccc(C(=O)N[C@H]3C[C@@H](C(=O)NC(C)C)N(C(=O)[C@@H](NC(=O)[C@H](C)N(C)C(=O)OC(C)(C)C)C(C)(C)C)C3)cc2)CN1C(=O)[C@@H](NC(=O)[C@H](C)N(C)C(=O)OC(C)(C)C)C(C)(C)C. The first-order valence-corrected chi connectivity index (χ1v) is 26.1. The lowest BCUT2D eigenvalue weighted by atomic mass is 9.85. The van der Waals surface area contributed by atoms with Crippen LogP contribution in [0.25, 0.3) is 0 Å². The number of hydrogen-bond donors (Lipinski definition) is 6. The molecule has 8 atom stereocenters. The molecule has 0 aromatic heterocycles. The summed E-state index contributed by atoms with van der Waals surface area (Å²) in [6.07, 6.45) is -1.33. The molecule has 6 N–H and O–H groups in total. The highest BCUT2D eigenvalue weighted by molar-refractivity contribution is 5.99. The molecule has 22 nitrogen and oxygen atoms in total. The maximum Gasteiger partial charge on any atom is 0.410 e. The average molecular weight is 1070 g/mol. The summed E-state index contributed by atoms with van der Waals surface area (Å²) in [5.41, 5.74) is -2.98. The number of amides is 10. The molecule has 2 aliphatic heterocycles. The van der Waals surface area contributed by atoms with Crippen LogP contribution in [0.15, 0.2) is 24.3 Å². The van der Waals surface area contributed by atoms with Crippen LogP contribution in [0.4, 0.5) is 9.59 Å². The Balaban J connectivity index is 1.80. The number of benzene rings is 1. The zero-order valence-electron chi connectivity index (χ0n) is 48.6. The predicted molar refractivity (Wildman–Crippen MR) is 285 cm³/mol. The van der Waals surface area contributed by atoms with Gasteiger partial charge in [0.2, 0.25) is 35.4 Å². The standard InChI is InChI=1S/C54H88N10O12/c1-29(2)55-45(69)37-25-35(27-63(37)47(71)39(51(7,8)9)59-41(65)31(5)61(19)49(73)75-53(13,14)15)57-43(67)33-21-23-34(24-22-33)44(68)58-36-26-38(46(70)56-30(3)4)64(28-36)48(72)40(52(10,11)12)60-42(66)32(6)62(20)50(74)76-54(16,17)18/h21-24,29-32,35-40H,25-28H2,1-20H3,(H,55,69)(H,56,70)(H,57,67)(H,58,68)(H,59,65)(H,60,66)/t31-,32-,35-,36-,37-,38-,39+,40+/m0/s1. The van der Waals surface area contributed by atoms with Crippen LogP contribution in [0.1, 0.15) is 158 Å². The second-order valence-electron chi connectivity index (χ2n) is 24.9. The van der Waals surface area contributed by atoms with E-state index in [9.17, 15) is 47.9 Å². The van der Waals surface area contributed by atoms with Crippen molar-refractivity contribution in [2.75, 3.05) is 27.2 Å². The van der Waals surface area contributed by atoms with Crippen LogP contribution in [0, 0.1) is 10.8 Å². The fourth-order valence-electron chi connectivity index (χ4n) is 8.43. The highest BCUT2D eigenvalue weighted by Crippen LogP contribution is 2.29. The lowest BCUT2D eigenvalue weighted by Gasteiger charge is -2.37.